The van der Waals surface area contributed by atoms with Crippen LogP contribution in [0.1, 0.15) is 22.2 Å². The highest BCUT2D eigenvalue weighted by Gasteiger charge is 2.24. The number of anilines is 2. The van der Waals surface area contributed by atoms with Crippen molar-refractivity contribution in [3.05, 3.63) is 57.4 Å². The number of hydrogen-bond acceptors (Lipinski definition) is 5. The minimum atomic E-state index is -0.515. The number of ether oxygens (including phenoxy) is 1. The minimum absolute atomic E-state index is 0.180. The lowest BCUT2D eigenvalue weighted by atomic mass is 10.1. The second kappa shape index (κ2) is 7.37. The first kappa shape index (κ1) is 18.6. The van der Waals surface area contributed by atoms with Crippen LogP contribution in [0.15, 0.2) is 46.9 Å². The molecule has 1 aromatic heterocycles. The second-order valence-corrected chi connectivity index (χ2v) is 8.38. The predicted octanol–water partition coefficient (Wildman–Crippen LogP) is 4.85. The maximum absolute atomic E-state index is 12.5. The Kier molecular flexibility index (Phi) is 4.91. The average Bonchev–Trinajstić information content (AvgIpc) is 3.02. The van der Waals surface area contributed by atoms with E-state index in [0.29, 0.717) is 22.1 Å². The molecule has 2 aromatic carbocycles. The van der Waals surface area contributed by atoms with E-state index >= 15 is 0 Å². The quantitative estimate of drug-likeness (QED) is 0.588. The van der Waals surface area contributed by atoms with E-state index in [0.717, 1.165) is 20.6 Å². The van der Waals surface area contributed by atoms with Gasteiger partial charge < -0.3 is 10.1 Å². The zero-order chi connectivity index (χ0) is 19.8. The lowest BCUT2D eigenvalue weighted by molar-refractivity contribution is -0.122. The van der Waals surface area contributed by atoms with Crippen LogP contribution in [-0.4, -0.2) is 22.9 Å². The van der Waals surface area contributed by atoms with Gasteiger partial charge in [0.25, 0.3) is 11.8 Å². The van der Waals surface area contributed by atoms with Crippen LogP contribution in [0.5, 0.6) is 5.75 Å². The Balaban J connectivity index is 1.60. The summed E-state index contributed by atoms with van der Waals surface area (Å²) in [6.07, 6.45) is -0.515. The molecule has 0 radical (unpaired) electrons. The summed E-state index contributed by atoms with van der Waals surface area (Å²) in [7, 11) is 0. The van der Waals surface area contributed by atoms with Crippen molar-refractivity contribution >= 4 is 49.9 Å². The van der Waals surface area contributed by atoms with Crippen LogP contribution < -0.4 is 15.4 Å². The van der Waals surface area contributed by atoms with E-state index in [4.69, 9.17) is 4.74 Å². The molecule has 2 heterocycles. The van der Waals surface area contributed by atoms with Gasteiger partial charge in [0.2, 0.25) is 0 Å². The van der Waals surface area contributed by atoms with Crippen LogP contribution in [0.4, 0.5) is 10.8 Å². The number of thiazole rings is 1. The van der Waals surface area contributed by atoms with Gasteiger partial charge in [-0.2, -0.15) is 0 Å². The normalized spacial score (nSPS) is 15.4. The largest absolute Gasteiger partial charge is 0.479 e. The highest BCUT2D eigenvalue weighted by atomic mass is 79.9. The van der Waals surface area contributed by atoms with E-state index in [1.807, 2.05) is 43.3 Å². The summed E-state index contributed by atoms with van der Waals surface area (Å²) in [6, 6.07) is 12.8. The molecule has 0 saturated carbocycles. The number of carbonyl (C=O) groups is 2. The third-order valence-electron chi connectivity index (χ3n) is 4.32. The Morgan fingerprint density at radius 1 is 1.29 bits per heavy atom. The van der Waals surface area contributed by atoms with Gasteiger partial charge in [0.05, 0.1) is 16.9 Å². The van der Waals surface area contributed by atoms with Crippen molar-refractivity contribution in [2.45, 2.75) is 20.0 Å². The zero-order valence-corrected chi connectivity index (χ0v) is 17.5. The van der Waals surface area contributed by atoms with Gasteiger partial charge in [-0.3, -0.25) is 14.9 Å². The van der Waals surface area contributed by atoms with Gasteiger partial charge in [-0.25, -0.2) is 4.98 Å². The minimum Gasteiger partial charge on any atom is -0.479 e. The smallest absolute Gasteiger partial charge is 0.265 e. The molecule has 3 aromatic rings. The van der Waals surface area contributed by atoms with Crippen LogP contribution in [0, 0.1) is 6.92 Å². The number of aromatic nitrogens is 1. The molecule has 6 nitrogen and oxygen atoms in total. The Morgan fingerprint density at radius 3 is 2.86 bits per heavy atom. The molecule has 8 heteroatoms. The molecule has 0 bridgehead atoms. The summed E-state index contributed by atoms with van der Waals surface area (Å²) in [5.41, 5.74) is 2.75. The van der Waals surface area contributed by atoms with Crippen molar-refractivity contribution in [3.63, 3.8) is 0 Å². The number of aryl methyl sites for hydroxylation is 1. The Bertz CT molecular complexity index is 1100. The van der Waals surface area contributed by atoms with Gasteiger partial charge in [0.1, 0.15) is 5.75 Å². The van der Waals surface area contributed by atoms with Crippen LogP contribution in [-0.2, 0) is 4.79 Å². The molecule has 4 rings (SSSR count). The number of rotatable bonds is 3. The Hall–Kier alpha value is -2.71. The summed E-state index contributed by atoms with van der Waals surface area (Å²) in [5.74, 6) is 0.222. The first-order valence-corrected chi connectivity index (χ1v) is 10.2. The molecule has 0 saturated heterocycles. The predicted molar refractivity (Wildman–Crippen MR) is 113 cm³/mol. The number of nitrogens with zero attached hydrogens (tertiary/aromatic N) is 1. The number of amides is 2. The second-order valence-electron chi connectivity index (χ2n) is 6.32. The third-order valence-corrected chi connectivity index (χ3v) is 5.90. The van der Waals surface area contributed by atoms with E-state index in [1.54, 1.807) is 13.0 Å². The average molecular weight is 458 g/mol. The number of benzene rings is 2. The van der Waals surface area contributed by atoms with E-state index in [1.165, 1.54) is 11.3 Å². The maximum Gasteiger partial charge on any atom is 0.265 e. The topological polar surface area (TPSA) is 80.3 Å². The van der Waals surface area contributed by atoms with E-state index in [-0.39, 0.29) is 11.8 Å². The first-order chi connectivity index (χ1) is 13.4. The van der Waals surface area contributed by atoms with Crippen molar-refractivity contribution in [1.29, 1.82) is 0 Å². The van der Waals surface area contributed by atoms with E-state index in [2.05, 4.69) is 31.5 Å². The fourth-order valence-electron chi connectivity index (χ4n) is 2.88. The lowest BCUT2D eigenvalue weighted by Crippen LogP contribution is -2.34. The molecule has 1 aliphatic heterocycles. The first-order valence-electron chi connectivity index (χ1n) is 8.57. The molecular weight excluding hydrogens is 442 g/mol. The van der Waals surface area contributed by atoms with Gasteiger partial charge in [0.15, 0.2) is 11.2 Å². The summed E-state index contributed by atoms with van der Waals surface area (Å²) in [5, 5.41) is 6.21. The fourth-order valence-corrected chi connectivity index (χ4v) is 4.18. The number of carbonyl (C=O) groups excluding carboxylic acids is 2. The van der Waals surface area contributed by atoms with Crippen molar-refractivity contribution in [3.8, 4) is 17.0 Å². The number of nitrogens with one attached hydrogen (secondary N) is 2. The van der Waals surface area contributed by atoms with E-state index in [9.17, 15) is 9.59 Å². The monoisotopic (exact) mass is 457 g/mol. The summed E-state index contributed by atoms with van der Waals surface area (Å²) < 4.78 is 6.31. The molecule has 0 fully saturated rings. The number of hydrogen-bond donors (Lipinski definition) is 2. The molecule has 0 spiro atoms. The lowest BCUT2D eigenvalue weighted by Gasteiger charge is -2.23. The molecule has 0 aliphatic carbocycles. The van der Waals surface area contributed by atoms with Crippen molar-refractivity contribution in [2.75, 3.05) is 10.6 Å². The van der Waals surface area contributed by atoms with Crippen LogP contribution in [0.3, 0.4) is 0 Å². The highest BCUT2D eigenvalue weighted by Crippen LogP contribution is 2.37. The van der Waals surface area contributed by atoms with Gasteiger partial charge in [-0.05, 0) is 60.1 Å². The summed E-state index contributed by atoms with van der Waals surface area (Å²) >= 11 is 4.79. The number of halogens is 1. The maximum atomic E-state index is 12.5. The molecule has 1 atom stereocenters. The standard InChI is InChI=1S/C20H16BrN3O3S/c1-10-18(25)22-15-9-12(7-8-16(15)27-10)17-11(2)28-20(23-17)24-19(26)13-5-3-4-6-14(13)21/h3-10H,1-2H3,(H,22,25)(H,23,24,26)/t10-/m1/s1. The molecule has 1 aliphatic rings. The molecular formula is C20H16BrN3O3S. The highest BCUT2D eigenvalue weighted by molar-refractivity contribution is 9.10. The van der Waals surface area contributed by atoms with Crippen molar-refractivity contribution < 1.29 is 14.3 Å². The van der Waals surface area contributed by atoms with Crippen molar-refractivity contribution in [1.82, 2.24) is 4.98 Å². The molecule has 2 N–H and O–H groups in total. The summed E-state index contributed by atoms with van der Waals surface area (Å²) in [4.78, 5) is 29.9. The molecule has 0 unspecified atom stereocenters. The van der Waals surface area contributed by atoms with E-state index < -0.39 is 6.10 Å². The zero-order valence-electron chi connectivity index (χ0n) is 15.1. The van der Waals surface area contributed by atoms with Gasteiger partial charge >= 0.3 is 0 Å². The van der Waals surface area contributed by atoms with Gasteiger partial charge in [0, 0.05) is 14.9 Å². The Labute approximate surface area is 174 Å². The van der Waals surface area contributed by atoms with Crippen LogP contribution in [0.2, 0.25) is 0 Å². The summed E-state index contributed by atoms with van der Waals surface area (Å²) in [6.45, 7) is 3.65. The van der Waals surface area contributed by atoms with Crippen LogP contribution >= 0.6 is 27.3 Å². The SMILES string of the molecule is Cc1sc(NC(=O)c2ccccc2Br)nc1-c1ccc2c(c1)NC(=O)[C@@H](C)O2. The van der Waals surface area contributed by atoms with Gasteiger partial charge in [-0.15, -0.1) is 11.3 Å². The number of fused-ring (bicyclic) bond motifs is 1. The Morgan fingerprint density at radius 2 is 2.07 bits per heavy atom. The fraction of sp³-hybridized carbons (Fsp3) is 0.150. The van der Waals surface area contributed by atoms with Crippen molar-refractivity contribution in [2.24, 2.45) is 0 Å². The van der Waals surface area contributed by atoms with Crippen LogP contribution in [0.25, 0.3) is 11.3 Å². The third kappa shape index (κ3) is 3.53. The molecule has 28 heavy (non-hydrogen) atoms. The van der Waals surface area contributed by atoms with Gasteiger partial charge in [-0.1, -0.05) is 12.1 Å². The molecule has 2 amide bonds. The molecule has 142 valence electrons.